The highest BCUT2D eigenvalue weighted by molar-refractivity contribution is 5.29. The van der Waals surface area contributed by atoms with Crippen molar-refractivity contribution in [3.63, 3.8) is 0 Å². The molecule has 0 spiro atoms. The van der Waals surface area contributed by atoms with Crippen molar-refractivity contribution in [1.29, 1.82) is 0 Å². The second-order valence-corrected chi connectivity index (χ2v) is 4.49. The van der Waals surface area contributed by atoms with E-state index in [0.29, 0.717) is 0 Å². The molecule has 0 amide bonds. The number of ether oxygens (including phenoxy) is 1. The zero-order chi connectivity index (χ0) is 13.0. The molecule has 1 heterocycles. The molecule has 3 heteroatoms. The summed E-state index contributed by atoms with van der Waals surface area (Å²) in [6.07, 6.45) is 3.35. The lowest BCUT2D eigenvalue weighted by Gasteiger charge is -2.23. The van der Waals surface area contributed by atoms with Crippen LogP contribution < -0.4 is 10.5 Å². The zero-order valence-corrected chi connectivity index (χ0v) is 10.7. The Morgan fingerprint density at radius 1 is 1.17 bits per heavy atom. The lowest BCUT2D eigenvalue weighted by Crippen LogP contribution is -2.29. The maximum absolute atomic E-state index is 6.01. The highest BCUT2D eigenvalue weighted by Gasteiger charge is 2.17. The Hall–Kier alpha value is -1.87. The molecule has 0 aliphatic heterocycles. The van der Waals surface area contributed by atoms with Gasteiger partial charge in [0.25, 0.3) is 0 Å². The van der Waals surface area contributed by atoms with Crippen molar-refractivity contribution in [2.75, 3.05) is 0 Å². The van der Waals surface area contributed by atoms with Crippen LogP contribution in [0.3, 0.4) is 0 Å². The average molecular weight is 242 g/mol. The van der Waals surface area contributed by atoms with Gasteiger partial charge in [0.1, 0.15) is 11.9 Å². The van der Waals surface area contributed by atoms with Crippen molar-refractivity contribution < 1.29 is 4.74 Å². The van der Waals surface area contributed by atoms with Crippen LogP contribution in [0.15, 0.2) is 48.8 Å². The number of nitrogens with two attached hydrogens (primary N) is 1. The molecule has 2 atom stereocenters. The van der Waals surface area contributed by atoms with E-state index in [2.05, 4.69) is 4.98 Å². The molecule has 1 aromatic carbocycles. The predicted octanol–water partition coefficient (Wildman–Crippen LogP) is 2.86. The molecule has 2 N–H and O–H groups in total. The molecule has 0 aliphatic carbocycles. The summed E-state index contributed by atoms with van der Waals surface area (Å²) < 4.78 is 5.99. The Morgan fingerprint density at radius 3 is 2.50 bits per heavy atom. The fraction of sp³-hybridized carbons (Fsp3) is 0.267. The van der Waals surface area contributed by atoms with Crippen molar-refractivity contribution in [2.45, 2.75) is 26.0 Å². The van der Waals surface area contributed by atoms with Crippen LogP contribution in [0, 0.1) is 6.92 Å². The Balaban J connectivity index is 2.22. The van der Waals surface area contributed by atoms with Crippen molar-refractivity contribution in [3.8, 4) is 5.75 Å². The minimum atomic E-state index is -0.158. The van der Waals surface area contributed by atoms with Gasteiger partial charge in [0, 0.05) is 18.4 Å². The van der Waals surface area contributed by atoms with Gasteiger partial charge >= 0.3 is 0 Å². The normalized spacial score (nSPS) is 13.9. The minimum absolute atomic E-state index is 0.0899. The molecule has 0 saturated carbocycles. The summed E-state index contributed by atoms with van der Waals surface area (Å²) in [6, 6.07) is 11.8. The maximum atomic E-state index is 6.01. The van der Waals surface area contributed by atoms with E-state index in [1.54, 1.807) is 12.4 Å². The molecule has 0 fully saturated rings. The smallest absolute Gasteiger partial charge is 0.139 e. The monoisotopic (exact) mass is 242 g/mol. The van der Waals surface area contributed by atoms with Crippen LogP contribution in [0.5, 0.6) is 5.75 Å². The first-order valence-electron chi connectivity index (χ1n) is 6.05. The topological polar surface area (TPSA) is 48.1 Å². The van der Waals surface area contributed by atoms with E-state index >= 15 is 0 Å². The van der Waals surface area contributed by atoms with E-state index in [0.717, 1.165) is 11.3 Å². The highest BCUT2D eigenvalue weighted by Crippen LogP contribution is 2.24. The molecule has 2 unspecified atom stereocenters. The van der Waals surface area contributed by atoms with Crippen molar-refractivity contribution >= 4 is 0 Å². The van der Waals surface area contributed by atoms with Gasteiger partial charge in [-0.05, 0) is 49.2 Å². The maximum Gasteiger partial charge on any atom is 0.139 e. The van der Waals surface area contributed by atoms with Gasteiger partial charge < -0.3 is 10.5 Å². The van der Waals surface area contributed by atoms with Crippen molar-refractivity contribution in [1.82, 2.24) is 4.98 Å². The lowest BCUT2D eigenvalue weighted by molar-refractivity contribution is 0.180. The van der Waals surface area contributed by atoms with Gasteiger partial charge in [0.15, 0.2) is 0 Å². The molecule has 0 saturated heterocycles. The number of benzene rings is 1. The summed E-state index contributed by atoms with van der Waals surface area (Å²) in [4.78, 5) is 4.01. The van der Waals surface area contributed by atoms with Gasteiger partial charge in [-0.2, -0.15) is 0 Å². The summed E-state index contributed by atoms with van der Waals surface area (Å²) in [5, 5.41) is 0. The van der Waals surface area contributed by atoms with E-state index in [-0.39, 0.29) is 12.1 Å². The van der Waals surface area contributed by atoms with Gasteiger partial charge in [0.05, 0.1) is 0 Å². The Morgan fingerprint density at radius 2 is 1.89 bits per heavy atom. The second kappa shape index (κ2) is 5.65. The summed E-state index contributed by atoms with van der Waals surface area (Å²) in [5.41, 5.74) is 8.22. The van der Waals surface area contributed by atoms with Gasteiger partial charge in [-0.15, -0.1) is 0 Å². The van der Waals surface area contributed by atoms with Crippen LogP contribution >= 0.6 is 0 Å². The quantitative estimate of drug-likeness (QED) is 0.896. The van der Waals surface area contributed by atoms with E-state index in [9.17, 15) is 0 Å². The molecule has 18 heavy (non-hydrogen) atoms. The van der Waals surface area contributed by atoms with E-state index in [4.69, 9.17) is 10.5 Å². The van der Waals surface area contributed by atoms with Crippen LogP contribution in [-0.4, -0.2) is 11.0 Å². The third kappa shape index (κ3) is 3.08. The first kappa shape index (κ1) is 12.6. The third-order valence-corrected chi connectivity index (χ3v) is 2.76. The largest absolute Gasteiger partial charge is 0.484 e. The van der Waals surface area contributed by atoms with Crippen LogP contribution in [0.25, 0.3) is 0 Å². The molecule has 2 aromatic rings. The van der Waals surface area contributed by atoms with Crippen LogP contribution in [0.4, 0.5) is 0 Å². The summed E-state index contributed by atoms with van der Waals surface area (Å²) in [7, 11) is 0. The molecule has 0 bridgehead atoms. The first-order chi connectivity index (χ1) is 8.66. The number of pyridine rings is 1. The zero-order valence-electron chi connectivity index (χ0n) is 10.7. The SMILES string of the molecule is Cc1cccc(OC(c2ccncc2)C(C)N)c1. The standard InChI is InChI=1S/C15H18N2O/c1-11-4-3-5-14(10-11)18-15(12(2)16)13-6-8-17-9-7-13/h3-10,12,15H,16H2,1-2H3. The molecular formula is C15H18N2O. The molecule has 94 valence electrons. The van der Waals surface area contributed by atoms with E-state index in [1.807, 2.05) is 50.2 Å². The molecule has 0 radical (unpaired) electrons. The average Bonchev–Trinajstić information content (AvgIpc) is 2.37. The molecule has 0 aliphatic rings. The van der Waals surface area contributed by atoms with Crippen molar-refractivity contribution in [2.24, 2.45) is 5.73 Å². The molecule has 1 aromatic heterocycles. The number of hydrogen-bond donors (Lipinski definition) is 1. The Labute approximate surface area is 108 Å². The summed E-state index contributed by atoms with van der Waals surface area (Å²) in [5.74, 6) is 0.842. The summed E-state index contributed by atoms with van der Waals surface area (Å²) >= 11 is 0. The minimum Gasteiger partial charge on any atom is -0.484 e. The van der Waals surface area contributed by atoms with Crippen LogP contribution in [0.2, 0.25) is 0 Å². The molecular weight excluding hydrogens is 224 g/mol. The first-order valence-corrected chi connectivity index (χ1v) is 6.05. The highest BCUT2D eigenvalue weighted by atomic mass is 16.5. The lowest BCUT2D eigenvalue weighted by atomic mass is 10.1. The molecule has 2 rings (SSSR count). The Kier molecular flexibility index (Phi) is 3.95. The fourth-order valence-electron chi connectivity index (χ4n) is 1.87. The van der Waals surface area contributed by atoms with Gasteiger partial charge in [0.2, 0.25) is 0 Å². The van der Waals surface area contributed by atoms with E-state index < -0.39 is 0 Å². The van der Waals surface area contributed by atoms with E-state index in [1.165, 1.54) is 5.56 Å². The third-order valence-electron chi connectivity index (χ3n) is 2.76. The summed E-state index contributed by atoms with van der Waals surface area (Å²) in [6.45, 7) is 3.99. The van der Waals surface area contributed by atoms with Gasteiger partial charge in [-0.25, -0.2) is 0 Å². The number of hydrogen-bond acceptors (Lipinski definition) is 3. The fourth-order valence-corrected chi connectivity index (χ4v) is 1.87. The molecule has 3 nitrogen and oxygen atoms in total. The second-order valence-electron chi connectivity index (χ2n) is 4.49. The van der Waals surface area contributed by atoms with Gasteiger partial charge in [-0.1, -0.05) is 12.1 Å². The van der Waals surface area contributed by atoms with Gasteiger partial charge in [-0.3, -0.25) is 4.98 Å². The number of aryl methyl sites for hydroxylation is 1. The predicted molar refractivity (Wildman–Crippen MR) is 72.4 cm³/mol. The van der Waals surface area contributed by atoms with Crippen molar-refractivity contribution in [3.05, 3.63) is 59.9 Å². The number of rotatable bonds is 4. The number of nitrogens with zero attached hydrogens (tertiary/aromatic N) is 1. The Bertz CT molecular complexity index is 497. The number of aromatic nitrogens is 1. The van der Waals surface area contributed by atoms with Crippen LogP contribution in [-0.2, 0) is 0 Å². The van der Waals surface area contributed by atoms with Crippen LogP contribution in [0.1, 0.15) is 24.2 Å².